The Kier molecular flexibility index (Phi) is 4.17. The van der Waals surface area contributed by atoms with Gasteiger partial charge in [-0.3, -0.25) is 0 Å². The molecular weight excluding hydrogens is 254 g/mol. The zero-order valence-corrected chi connectivity index (χ0v) is 12.4. The molecule has 0 bridgehead atoms. The first kappa shape index (κ1) is 14.2. The summed E-state index contributed by atoms with van der Waals surface area (Å²) < 4.78 is 13.1. The summed E-state index contributed by atoms with van der Waals surface area (Å²) in [5.41, 5.74) is 8.55. The highest BCUT2D eigenvalue weighted by molar-refractivity contribution is 5.55. The van der Waals surface area contributed by atoms with Crippen molar-refractivity contribution < 1.29 is 9.47 Å². The zero-order valence-electron chi connectivity index (χ0n) is 12.4. The SMILES string of the molecule is CCc1ccc(Oc2c(N)c(C)nn2CC)c(OC)c1. The molecular formula is C15H21N3O2. The lowest BCUT2D eigenvalue weighted by molar-refractivity contribution is 0.362. The fourth-order valence-corrected chi connectivity index (χ4v) is 2.02. The summed E-state index contributed by atoms with van der Waals surface area (Å²) in [6, 6.07) is 5.90. The lowest BCUT2D eigenvalue weighted by Crippen LogP contribution is -2.02. The summed E-state index contributed by atoms with van der Waals surface area (Å²) in [5, 5.41) is 4.34. The van der Waals surface area contributed by atoms with Crippen molar-refractivity contribution in [2.75, 3.05) is 12.8 Å². The van der Waals surface area contributed by atoms with Gasteiger partial charge in [-0.05, 0) is 38.0 Å². The maximum Gasteiger partial charge on any atom is 0.241 e. The summed E-state index contributed by atoms with van der Waals surface area (Å²) >= 11 is 0. The van der Waals surface area contributed by atoms with Crippen LogP contribution in [0.2, 0.25) is 0 Å². The van der Waals surface area contributed by atoms with Crippen molar-refractivity contribution in [3.8, 4) is 17.4 Å². The van der Waals surface area contributed by atoms with Crippen molar-refractivity contribution in [2.24, 2.45) is 0 Å². The number of anilines is 1. The first-order valence-electron chi connectivity index (χ1n) is 6.78. The predicted octanol–water partition coefficient (Wildman–Crippen LogP) is 3.16. The van der Waals surface area contributed by atoms with E-state index in [2.05, 4.69) is 12.0 Å². The maximum atomic E-state index is 6.03. The standard InChI is InChI=1S/C15H21N3O2/c1-5-11-7-8-12(13(9-11)19-4)20-15-14(16)10(3)17-18(15)6-2/h7-9H,5-6,16H2,1-4H3. The molecule has 0 atom stereocenters. The zero-order chi connectivity index (χ0) is 14.7. The quantitative estimate of drug-likeness (QED) is 0.910. The topological polar surface area (TPSA) is 62.3 Å². The average Bonchev–Trinajstić information content (AvgIpc) is 2.75. The smallest absolute Gasteiger partial charge is 0.241 e. The Bertz CT molecular complexity index is 605. The van der Waals surface area contributed by atoms with Gasteiger partial charge < -0.3 is 15.2 Å². The number of hydrogen-bond donors (Lipinski definition) is 1. The van der Waals surface area contributed by atoms with Crippen molar-refractivity contribution in [1.29, 1.82) is 0 Å². The van der Waals surface area contributed by atoms with Crippen LogP contribution in [0.25, 0.3) is 0 Å². The van der Waals surface area contributed by atoms with Crippen LogP contribution in [-0.2, 0) is 13.0 Å². The van der Waals surface area contributed by atoms with Crippen LogP contribution in [-0.4, -0.2) is 16.9 Å². The molecule has 0 unspecified atom stereocenters. The third-order valence-electron chi connectivity index (χ3n) is 3.27. The second-order valence-corrected chi connectivity index (χ2v) is 4.56. The summed E-state index contributed by atoms with van der Waals surface area (Å²) in [4.78, 5) is 0. The van der Waals surface area contributed by atoms with Crippen LogP contribution < -0.4 is 15.2 Å². The van der Waals surface area contributed by atoms with Crippen molar-refractivity contribution >= 4 is 5.69 Å². The van der Waals surface area contributed by atoms with Crippen LogP contribution in [0.1, 0.15) is 25.1 Å². The second kappa shape index (κ2) is 5.86. The number of nitrogens with two attached hydrogens (primary N) is 1. The van der Waals surface area contributed by atoms with Gasteiger partial charge in [-0.15, -0.1) is 0 Å². The minimum absolute atomic E-state index is 0.563. The Labute approximate surface area is 119 Å². The van der Waals surface area contributed by atoms with Crippen LogP contribution >= 0.6 is 0 Å². The molecule has 2 aromatic rings. The highest BCUT2D eigenvalue weighted by atomic mass is 16.5. The minimum Gasteiger partial charge on any atom is -0.493 e. The summed E-state index contributed by atoms with van der Waals surface area (Å²) in [7, 11) is 1.63. The summed E-state index contributed by atoms with van der Waals surface area (Å²) in [5.74, 6) is 1.91. The lowest BCUT2D eigenvalue weighted by atomic mass is 10.1. The Balaban J connectivity index is 2.39. The largest absolute Gasteiger partial charge is 0.493 e. The molecule has 0 spiro atoms. The molecule has 0 amide bonds. The Morgan fingerprint density at radius 1 is 1.25 bits per heavy atom. The number of rotatable bonds is 5. The molecule has 0 fully saturated rings. The minimum atomic E-state index is 0.563. The first-order chi connectivity index (χ1) is 9.60. The Morgan fingerprint density at radius 3 is 2.60 bits per heavy atom. The number of aryl methyl sites for hydroxylation is 3. The molecule has 2 rings (SSSR count). The number of aromatic nitrogens is 2. The molecule has 2 N–H and O–H groups in total. The predicted molar refractivity (Wildman–Crippen MR) is 79.5 cm³/mol. The summed E-state index contributed by atoms with van der Waals surface area (Å²) in [6.45, 7) is 6.66. The third kappa shape index (κ3) is 2.57. The van der Waals surface area contributed by atoms with E-state index in [0.717, 1.165) is 12.1 Å². The van der Waals surface area contributed by atoms with Crippen LogP contribution in [0.3, 0.4) is 0 Å². The van der Waals surface area contributed by atoms with Gasteiger partial charge in [-0.2, -0.15) is 5.10 Å². The second-order valence-electron chi connectivity index (χ2n) is 4.56. The molecule has 0 saturated heterocycles. The molecule has 1 aromatic carbocycles. The van der Waals surface area contributed by atoms with Gasteiger partial charge in [0, 0.05) is 6.54 Å². The number of methoxy groups -OCH3 is 1. The molecule has 0 saturated carbocycles. The van der Waals surface area contributed by atoms with Gasteiger partial charge in [0.2, 0.25) is 5.88 Å². The van der Waals surface area contributed by atoms with Crippen molar-refractivity contribution in [3.05, 3.63) is 29.5 Å². The van der Waals surface area contributed by atoms with E-state index in [1.54, 1.807) is 11.8 Å². The van der Waals surface area contributed by atoms with Gasteiger partial charge >= 0.3 is 0 Å². The maximum absolute atomic E-state index is 6.03. The normalized spacial score (nSPS) is 10.6. The van der Waals surface area contributed by atoms with E-state index < -0.39 is 0 Å². The molecule has 20 heavy (non-hydrogen) atoms. The van der Waals surface area contributed by atoms with Gasteiger partial charge in [0.1, 0.15) is 5.69 Å². The number of hydrogen-bond acceptors (Lipinski definition) is 4. The molecule has 108 valence electrons. The van der Waals surface area contributed by atoms with Crippen molar-refractivity contribution in [3.63, 3.8) is 0 Å². The van der Waals surface area contributed by atoms with E-state index in [-0.39, 0.29) is 0 Å². The molecule has 0 aliphatic heterocycles. The van der Waals surface area contributed by atoms with Crippen LogP contribution in [0.5, 0.6) is 17.4 Å². The molecule has 0 radical (unpaired) electrons. The number of nitrogen functional groups attached to an aromatic ring is 1. The number of benzene rings is 1. The van der Waals surface area contributed by atoms with E-state index >= 15 is 0 Å². The highest BCUT2D eigenvalue weighted by Crippen LogP contribution is 2.36. The van der Waals surface area contributed by atoms with Crippen LogP contribution in [0.15, 0.2) is 18.2 Å². The van der Waals surface area contributed by atoms with Gasteiger partial charge in [0.25, 0.3) is 0 Å². The molecule has 5 heteroatoms. The Hall–Kier alpha value is -2.17. The van der Waals surface area contributed by atoms with Gasteiger partial charge in [0.15, 0.2) is 11.5 Å². The van der Waals surface area contributed by atoms with E-state index in [9.17, 15) is 0 Å². The monoisotopic (exact) mass is 275 g/mol. The van der Waals surface area contributed by atoms with Gasteiger partial charge in [0.05, 0.1) is 12.8 Å². The van der Waals surface area contributed by atoms with Crippen LogP contribution in [0.4, 0.5) is 5.69 Å². The third-order valence-corrected chi connectivity index (χ3v) is 3.27. The molecule has 1 heterocycles. The van der Waals surface area contributed by atoms with Gasteiger partial charge in [-0.1, -0.05) is 13.0 Å². The van der Waals surface area contributed by atoms with Crippen molar-refractivity contribution in [1.82, 2.24) is 9.78 Å². The fraction of sp³-hybridized carbons (Fsp3) is 0.400. The molecule has 1 aromatic heterocycles. The fourth-order valence-electron chi connectivity index (χ4n) is 2.02. The number of nitrogens with zero attached hydrogens (tertiary/aromatic N) is 2. The van der Waals surface area contributed by atoms with E-state index in [4.69, 9.17) is 15.2 Å². The average molecular weight is 275 g/mol. The number of ether oxygens (including phenoxy) is 2. The molecule has 0 aliphatic rings. The van der Waals surface area contributed by atoms with Crippen molar-refractivity contribution in [2.45, 2.75) is 33.7 Å². The van der Waals surface area contributed by atoms with Crippen LogP contribution in [0, 0.1) is 6.92 Å². The molecule has 5 nitrogen and oxygen atoms in total. The highest BCUT2D eigenvalue weighted by Gasteiger charge is 2.16. The summed E-state index contributed by atoms with van der Waals surface area (Å²) in [6.07, 6.45) is 0.949. The lowest BCUT2D eigenvalue weighted by Gasteiger charge is -2.12. The van der Waals surface area contributed by atoms with E-state index in [1.165, 1.54) is 5.56 Å². The Morgan fingerprint density at radius 2 is 2.00 bits per heavy atom. The van der Waals surface area contributed by atoms with E-state index in [1.807, 2.05) is 32.0 Å². The molecule has 0 aliphatic carbocycles. The van der Waals surface area contributed by atoms with Gasteiger partial charge in [-0.25, -0.2) is 4.68 Å². The first-order valence-corrected chi connectivity index (χ1v) is 6.78. The van der Waals surface area contributed by atoms with E-state index in [0.29, 0.717) is 29.6 Å².